The average Bonchev–Trinajstić information content (AvgIpc) is 2.34. The number of hydrogen-bond acceptors (Lipinski definition) is 2. The molecule has 0 aliphatic heterocycles. The van der Waals surface area contributed by atoms with Crippen LogP contribution in [0.25, 0.3) is 6.08 Å². The number of carbonyl (C=O) groups excluding carboxylic acids is 1. The molecule has 2 nitrogen and oxygen atoms in total. The summed E-state index contributed by atoms with van der Waals surface area (Å²) in [5, 5.41) is 3.05. The van der Waals surface area contributed by atoms with Gasteiger partial charge in [0.25, 0.3) is 0 Å². The van der Waals surface area contributed by atoms with Crippen molar-refractivity contribution in [2.45, 2.75) is 12.8 Å². The molecular formula is C14H17NO. The number of hydrogen-bond donors (Lipinski definition) is 1. The molecule has 0 saturated heterocycles. The molecule has 0 bridgehead atoms. The maximum atomic E-state index is 10.7. The van der Waals surface area contributed by atoms with Crippen LogP contribution in [0.2, 0.25) is 0 Å². The molecule has 0 heterocycles. The van der Waals surface area contributed by atoms with Gasteiger partial charge in [0.15, 0.2) is 0 Å². The normalized spacial score (nSPS) is 9.50. The van der Waals surface area contributed by atoms with Crippen LogP contribution in [0, 0.1) is 0 Å². The molecule has 1 rings (SSSR count). The summed E-state index contributed by atoms with van der Waals surface area (Å²) in [4.78, 5) is 10.7. The monoisotopic (exact) mass is 215 g/mol. The van der Waals surface area contributed by atoms with Crippen LogP contribution in [0.1, 0.15) is 27.9 Å². The van der Waals surface area contributed by atoms with Crippen molar-refractivity contribution in [3.8, 4) is 0 Å². The summed E-state index contributed by atoms with van der Waals surface area (Å²) < 4.78 is 0. The lowest BCUT2D eigenvalue weighted by atomic mass is 10.0. The van der Waals surface area contributed by atoms with E-state index >= 15 is 0 Å². The SMILES string of the molecule is C=CNCCCc1cc(C=C)cc(C=O)c1. The molecule has 1 aromatic carbocycles. The number of aryl methyl sites for hydroxylation is 1. The molecule has 0 unspecified atom stereocenters. The van der Waals surface area contributed by atoms with Gasteiger partial charge in [-0.15, -0.1) is 0 Å². The van der Waals surface area contributed by atoms with Gasteiger partial charge in [-0.25, -0.2) is 0 Å². The molecule has 1 aromatic rings. The highest BCUT2D eigenvalue weighted by Gasteiger charge is 1.98. The largest absolute Gasteiger partial charge is 0.391 e. The average molecular weight is 215 g/mol. The lowest BCUT2D eigenvalue weighted by molar-refractivity contribution is 0.112. The highest BCUT2D eigenvalue weighted by molar-refractivity contribution is 5.76. The van der Waals surface area contributed by atoms with Crippen molar-refractivity contribution in [2.24, 2.45) is 0 Å². The van der Waals surface area contributed by atoms with Gasteiger partial charge in [-0.3, -0.25) is 4.79 Å². The first-order valence-electron chi connectivity index (χ1n) is 5.36. The third kappa shape index (κ3) is 3.73. The smallest absolute Gasteiger partial charge is 0.150 e. The third-order valence-corrected chi connectivity index (χ3v) is 2.34. The number of rotatable bonds is 7. The molecule has 0 amide bonds. The fourth-order valence-corrected chi connectivity index (χ4v) is 1.57. The second-order valence-electron chi connectivity index (χ2n) is 3.59. The molecule has 84 valence electrons. The Bertz CT molecular complexity index is 356. The summed E-state index contributed by atoms with van der Waals surface area (Å²) in [7, 11) is 0. The van der Waals surface area contributed by atoms with E-state index in [9.17, 15) is 4.79 Å². The van der Waals surface area contributed by atoms with Gasteiger partial charge in [-0.1, -0.05) is 25.3 Å². The predicted molar refractivity (Wildman–Crippen MR) is 68.4 cm³/mol. The zero-order chi connectivity index (χ0) is 11.8. The van der Waals surface area contributed by atoms with Gasteiger partial charge < -0.3 is 5.32 Å². The second kappa shape index (κ2) is 6.62. The standard InChI is InChI=1S/C14H17NO/c1-3-12-8-13(6-5-7-15-4-2)10-14(9-12)11-16/h3-4,8-11,15H,1-2,5-7H2. The molecular weight excluding hydrogens is 198 g/mol. The van der Waals surface area contributed by atoms with E-state index in [2.05, 4.69) is 24.5 Å². The Morgan fingerprint density at radius 2 is 1.94 bits per heavy atom. The molecule has 0 spiro atoms. The topological polar surface area (TPSA) is 29.1 Å². The van der Waals surface area contributed by atoms with Crippen LogP contribution in [-0.4, -0.2) is 12.8 Å². The van der Waals surface area contributed by atoms with Gasteiger partial charge in [-0.05, 0) is 42.3 Å². The van der Waals surface area contributed by atoms with Crippen LogP contribution >= 0.6 is 0 Å². The summed E-state index contributed by atoms with van der Waals surface area (Å²) in [6.45, 7) is 8.21. The summed E-state index contributed by atoms with van der Waals surface area (Å²) in [5.41, 5.74) is 2.88. The Morgan fingerprint density at radius 1 is 1.19 bits per heavy atom. The van der Waals surface area contributed by atoms with Crippen LogP contribution in [0.4, 0.5) is 0 Å². The molecule has 0 aromatic heterocycles. The predicted octanol–water partition coefficient (Wildman–Crippen LogP) is 2.81. The summed E-state index contributed by atoms with van der Waals surface area (Å²) in [5.74, 6) is 0. The van der Waals surface area contributed by atoms with Crippen LogP contribution in [0.5, 0.6) is 0 Å². The number of nitrogens with one attached hydrogen (secondary N) is 1. The van der Waals surface area contributed by atoms with Crippen molar-refractivity contribution in [1.29, 1.82) is 0 Å². The van der Waals surface area contributed by atoms with E-state index in [-0.39, 0.29) is 0 Å². The van der Waals surface area contributed by atoms with Crippen molar-refractivity contribution >= 4 is 12.4 Å². The van der Waals surface area contributed by atoms with E-state index in [0.29, 0.717) is 5.56 Å². The van der Waals surface area contributed by atoms with Crippen LogP contribution < -0.4 is 5.32 Å². The van der Waals surface area contributed by atoms with Crippen LogP contribution in [0.15, 0.2) is 37.6 Å². The number of aldehydes is 1. The Balaban J connectivity index is 2.67. The zero-order valence-corrected chi connectivity index (χ0v) is 9.41. The number of benzene rings is 1. The first-order chi connectivity index (χ1) is 7.80. The van der Waals surface area contributed by atoms with E-state index < -0.39 is 0 Å². The van der Waals surface area contributed by atoms with Crippen molar-refractivity contribution < 1.29 is 4.79 Å². The molecule has 0 atom stereocenters. The lowest BCUT2D eigenvalue weighted by Gasteiger charge is -2.04. The summed E-state index contributed by atoms with van der Waals surface area (Å²) >= 11 is 0. The van der Waals surface area contributed by atoms with E-state index in [1.165, 1.54) is 5.56 Å². The van der Waals surface area contributed by atoms with E-state index in [1.807, 2.05) is 12.1 Å². The molecule has 0 aliphatic carbocycles. The molecule has 16 heavy (non-hydrogen) atoms. The molecule has 2 heteroatoms. The van der Waals surface area contributed by atoms with Crippen molar-refractivity contribution in [3.63, 3.8) is 0 Å². The van der Waals surface area contributed by atoms with Gasteiger partial charge in [0.05, 0.1) is 0 Å². The van der Waals surface area contributed by atoms with E-state index in [1.54, 1.807) is 12.3 Å². The minimum Gasteiger partial charge on any atom is -0.391 e. The van der Waals surface area contributed by atoms with Gasteiger partial charge in [0, 0.05) is 12.1 Å². The maximum absolute atomic E-state index is 10.7. The number of carbonyl (C=O) groups is 1. The first-order valence-corrected chi connectivity index (χ1v) is 5.36. The molecule has 0 radical (unpaired) electrons. The minimum atomic E-state index is 0.712. The van der Waals surface area contributed by atoms with Gasteiger partial charge in [0.2, 0.25) is 0 Å². The van der Waals surface area contributed by atoms with Crippen molar-refractivity contribution in [2.75, 3.05) is 6.54 Å². The van der Waals surface area contributed by atoms with Gasteiger partial charge in [0.1, 0.15) is 6.29 Å². The Labute approximate surface area is 96.7 Å². The fraction of sp³-hybridized carbons (Fsp3) is 0.214. The lowest BCUT2D eigenvalue weighted by Crippen LogP contribution is -2.07. The highest BCUT2D eigenvalue weighted by atomic mass is 16.1. The van der Waals surface area contributed by atoms with Gasteiger partial charge in [-0.2, -0.15) is 0 Å². The fourth-order valence-electron chi connectivity index (χ4n) is 1.57. The zero-order valence-electron chi connectivity index (χ0n) is 9.41. The molecule has 1 N–H and O–H groups in total. The van der Waals surface area contributed by atoms with E-state index in [4.69, 9.17) is 0 Å². The van der Waals surface area contributed by atoms with Gasteiger partial charge >= 0.3 is 0 Å². The molecule has 0 aliphatic rings. The molecule has 0 saturated carbocycles. The van der Waals surface area contributed by atoms with E-state index in [0.717, 1.165) is 31.2 Å². The summed E-state index contributed by atoms with van der Waals surface area (Å²) in [6, 6.07) is 5.83. The molecule has 0 fully saturated rings. The van der Waals surface area contributed by atoms with Crippen molar-refractivity contribution in [3.05, 3.63) is 54.2 Å². The second-order valence-corrected chi connectivity index (χ2v) is 3.59. The van der Waals surface area contributed by atoms with Crippen molar-refractivity contribution in [1.82, 2.24) is 5.32 Å². The quantitative estimate of drug-likeness (QED) is 0.559. The highest BCUT2D eigenvalue weighted by Crippen LogP contribution is 2.12. The Hall–Kier alpha value is -1.83. The first kappa shape index (κ1) is 12.2. The minimum absolute atomic E-state index is 0.712. The maximum Gasteiger partial charge on any atom is 0.150 e. The van der Waals surface area contributed by atoms with Crippen LogP contribution in [-0.2, 0) is 6.42 Å². The van der Waals surface area contributed by atoms with Crippen LogP contribution in [0.3, 0.4) is 0 Å². The summed E-state index contributed by atoms with van der Waals surface area (Å²) in [6.07, 6.45) is 6.29. The third-order valence-electron chi connectivity index (χ3n) is 2.34. The Kier molecular flexibility index (Phi) is 5.06. The Morgan fingerprint density at radius 3 is 2.56 bits per heavy atom.